The zero-order valence-electron chi connectivity index (χ0n) is 14.7. The van der Waals surface area contributed by atoms with Gasteiger partial charge in [0, 0.05) is 26.2 Å². The molecule has 2 amide bonds. The van der Waals surface area contributed by atoms with Gasteiger partial charge in [-0.25, -0.2) is 0 Å². The van der Waals surface area contributed by atoms with Crippen LogP contribution in [0.2, 0.25) is 0 Å². The quantitative estimate of drug-likeness (QED) is 0.504. The fourth-order valence-electron chi connectivity index (χ4n) is 4.17. The predicted molar refractivity (Wildman–Crippen MR) is 116 cm³/mol. The molecule has 144 valence electrons. The van der Waals surface area contributed by atoms with Gasteiger partial charge in [-0.1, -0.05) is 0 Å². The van der Waals surface area contributed by atoms with Gasteiger partial charge in [0.15, 0.2) is 0 Å². The first-order valence-corrected chi connectivity index (χ1v) is 12.4. The van der Waals surface area contributed by atoms with Crippen molar-refractivity contribution in [3.63, 3.8) is 0 Å². The van der Waals surface area contributed by atoms with Crippen LogP contribution in [0.5, 0.6) is 0 Å². The Labute approximate surface area is 183 Å². The lowest BCUT2D eigenvalue weighted by Crippen LogP contribution is -2.59. The smallest absolute Gasteiger partial charge is 0.238 e. The second-order valence-corrected chi connectivity index (χ2v) is 11.6. The summed E-state index contributed by atoms with van der Waals surface area (Å²) < 4.78 is 2.13. The number of hydrogen-bond acceptors (Lipinski definition) is 4. The van der Waals surface area contributed by atoms with E-state index in [9.17, 15) is 9.59 Å². The fourth-order valence-corrected chi connectivity index (χ4v) is 6.61. The highest BCUT2D eigenvalue weighted by Gasteiger charge is 2.53. The van der Waals surface area contributed by atoms with E-state index in [0.717, 1.165) is 44.6 Å². The molecular formula is C19H20Br2N2O2S2. The first-order chi connectivity index (χ1) is 13.0. The van der Waals surface area contributed by atoms with E-state index in [2.05, 4.69) is 31.9 Å². The Bertz CT molecular complexity index is 793. The van der Waals surface area contributed by atoms with Crippen molar-refractivity contribution >= 4 is 66.3 Å². The number of hydrogen-bond donors (Lipinski definition) is 0. The van der Waals surface area contributed by atoms with Crippen molar-refractivity contribution in [2.24, 2.45) is 5.41 Å². The van der Waals surface area contributed by atoms with Crippen molar-refractivity contribution < 1.29 is 9.59 Å². The van der Waals surface area contributed by atoms with Crippen LogP contribution >= 0.6 is 54.5 Å². The minimum absolute atomic E-state index is 0.0194. The number of amides is 2. The molecule has 2 saturated heterocycles. The minimum Gasteiger partial charge on any atom is -0.337 e. The highest BCUT2D eigenvalue weighted by Crippen LogP contribution is 2.42. The number of piperidine rings is 2. The molecule has 0 aliphatic carbocycles. The topological polar surface area (TPSA) is 40.6 Å². The molecule has 0 radical (unpaired) electrons. The SMILES string of the molecule is O=C1N(Cc2ccsc2Br)CCCC12CCCN(Cc1ccsc1Br)C2=O. The van der Waals surface area contributed by atoms with Crippen LogP contribution in [0.1, 0.15) is 36.8 Å². The number of thiophene rings is 2. The van der Waals surface area contributed by atoms with Crippen molar-refractivity contribution in [1.82, 2.24) is 9.80 Å². The molecule has 0 unspecified atom stereocenters. The fraction of sp³-hybridized carbons (Fsp3) is 0.474. The molecule has 4 nitrogen and oxygen atoms in total. The highest BCUT2D eigenvalue weighted by atomic mass is 79.9. The van der Waals surface area contributed by atoms with E-state index in [1.165, 1.54) is 0 Å². The van der Waals surface area contributed by atoms with E-state index in [1.807, 2.05) is 32.7 Å². The third kappa shape index (κ3) is 3.66. The van der Waals surface area contributed by atoms with E-state index >= 15 is 0 Å². The molecule has 4 rings (SSSR count). The zero-order chi connectivity index (χ0) is 19.0. The molecular weight excluding hydrogens is 512 g/mol. The van der Waals surface area contributed by atoms with Crippen molar-refractivity contribution in [1.29, 1.82) is 0 Å². The molecule has 2 aliphatic rings. The molecule has 0 aromatic carbocycles. The van der Waals surface area contributed by atoms with Crippen LogP contribution in [0.4, 0.5) is 0 Å². The van der Waals surface area contributed by atoms with Gasteiger partial charge < -0.3 is 9.80 Å². The van der Waals surface area contributed by atoms with E-state index in [4.69, 9.17) is 0 Å². The predicted octanol–water partition coefficient (Wildman–Crippen LogP) is 5.27. The van der Waals surface area contributed by atoms with E-state index in [1.54, 1.807) is 22.7 Å². The van der Waals surface area contributed by atoms with Crippen molar-refractivity contribution in [3.8, 4) is 0 Å². The summed E-state index contributed by atoms with van der Waals surface area (Å²) in [6.07, 6.45) is 3.12. The molecule has 2 aliphatic heterocycles. The van der Waals surface area contributed by atoms with Crippen LogP contribution in [0, 0.1) is 5.41 Å². The maximum absolute atomic E-state index is 13.4. The van der Waals surface area contributed by atoms with Gasteiger partial charge in [0.25, 0.3) is 0 Å². The molecule has 1 spiro atoms. The molecule has 0 atom stereocenters. The number of nitrogens with zero attached hydrogens (tertiary/aromatic N) is 2. The minimum atomic E-state index is -0.860. The number of carbonyl (C=O) groups is 2. The molecule has 0 bridgehead atoms. The number of rotatable bonds is 4. The summed E-state index contributed by atoms with van der Waals surface area (Å²) in [6.45, 7) is 2.61. The number of carbonyl (C=O) groups excluding carboxylic acids is 2. The van der Waals surface area contributed by atoms with Gasteiger partial charge >= 0.3 is 0 Å². The van der Waals surface area contributed by atoms with Gasteiger partial charge in [0.05, 0.1) is 7.57 Å². The Morgan fingerprint density at radius 2 is 1.30 bits per heavy atom. The summed E-state index contributed by atoms with van der Waals surface area (Å²) in [5.74, 6) is 0.0388. The van der Waals surface area contributed by atoms with Gasteiger partial charge in [-0.15, -0.1) is 22.7 Å². The first-order valence-electron chi connectivity index (χ1n) is 9.04. The van der Waals surface area contributed by atoms with Crippen LogP contribution < -0.4 is 0 Å². The maximum Gasteiger partial charge on any atom is 0.238 e. The van der Waals surface area contributed by atoms with Crippen LogP contribution in [-0.2, 0) is 22.7 Å². The summed E-state index contributed by atoms with van der Waals surface area (Å²) in [7, 11) is 0. The molecule has 0 saturated carbocycles. The summed E-state index contributed by atoms with van der Waals surface area (Å²) in [5, 5.41) is 4.05. The largest absolute Gasteiger partial charge is 0.337 e. The summed E-state index contributed by atoms with van der Waals surface area (Å²) in [4.78, 5) is 30.6. The number of halogens is 2. The van der Waals surface area contributed by atoms with Crippen molar-refractivity contribution in [3.05, 3.63) is 41.6 Å². The van der Waals surface area contributed by atoms with Crippen LogP contribution in [0.15, 0.2) is 30.5 Å². The van der Waals surface area contributed by atoms with E-state index in [-0.39, 0.29) is 11.8 Å². The molecule has 2 aromatic heterocycles. The van der Waals surface area contributed by atoms with Gasteiger partial charge in [0.2, 0.25) is 11.8 Å². The third-order valence-corrected chi connectivity index (χ3v) is 9.19. The van der Waals surface area contributed by atoms with Crippen molar-refractivity contribution in [2.75, 3.05) is 13.1 Å². The van der Waals surface area contributed by atoms with Crippen LogP contribution in [0.3, 0.4) is 0 Å². The summed E-state index contributed by atoms with van der Waals surface area (Å²) in [6, 6.07) is 4.10. The lowest BCUT2D eigenvalue weighted by molar-refractivity contribution is -0.165. The van der Waals surface area contributed by atoms with Gasteiger partial charge in [0.1, 0.15) is 5.41 Å². The molecule has 0 N–H and O–H groups in total. The van der Waals surface area contributed by atoms with Gasteiger partial charge in [-0.05, 0) is 91.6 Å². The normalized spacial score (nSPS) is 19.9. The lowest BCUT2D eigenvalue weighted by Gasteiger charge is -2.46. The van der Waals surface area contributed by atoms with Crippen molar-refractivity contribution in [2.45, 2.75) is 38.8 Å². The van der Waals surface area contributed by atoms with Gasteiger partial charge in [-0.2, -0.15) is 0 Å². The second-order valence-electron chi connectivity index (χ2n) is 7.18. The Balaban J connectivity index is 1.55. The van der Waals surface area contributed by atoms with E-state index < -0.39 is 5.41 Å². The Hall–Kier alpha value is -0.700. The lowest BCUT2D eigenvalue weighted by atomic mass is 9.72. The Kier molecular flexibility index (Phi) is 5.79. The summed E-state index contributed by atoms with van der Waals surface area (Å²) >= 11 is 10.4. The van der Waals surface area contributed by atoms with Crippen LogP contribution in [-0.4, -0.2) is 34.7 Å². The average molecular weight is 532 g/mol. The number of likely N-dealkylation sites (tertiary alicyclic amines) is 2. The standard InChI is InChI=1S/C19H20Br2N2O2S2/c20-15-13(3-9-26-15)11-22-7-1-5-19(17(22)24)6-2-8-23(18(19)25)12-14-4-10-27-16(14)21/h3-4,9-10H,1-2,5-8,11-12H2. The highest BCUT2D eigenvalue weighted by molar-refractivity contribution is 9.11. The average Bonchev–Trinajstić information content (AvgIpc) is 3.24. The molecule has 2 aromatic rings. The Morgan fingerprint density at radius 1 is 0.852 bits per heavy atom. The molecule has 27 heavy (non-hydrogen) atoms. The maximum atomic E-state index is 13.4. The zero-order valence-corrected chi connectivity index (χ0v) is 19.6. The van der Waals surface area contributed by atoms with E-state index in [0.29, 0.717) is 25.9 Å². The van der Waals surface area contributed by atoms with Gasteiger partial charge in [-0.3, -0.25) is 9.59 Å². The monoisotopic (exact) mass is 530 g/mol. The molecule has 4 heterocycles. The third-order valence-electron chi connectivity index (χ3n) is 5.57. The molecule has 2 fully saturated rings. The Morgan fingerprint density at radius 3 is 1.67 bits per heavy atom. The second kappa shape index (κ2) is 7.97. The van der Waals surface area contributed by atoms with Crippen LogP contribution in [0.25, 0.3) is 0 Å². The summed E-state index contributed by atoms with van der Waals surface area (Å²) in [5.41, 5.74) is 1.38. The molecule has 8 heteroatoms. The first kappa shape index (κ1) is 19.6.